The molecule has 0 amide bonds. The summed E-state index contributed by atoms with van der Waals surface area (Å²) in [5.74, 6) is 1.30. The third-order valence-electron chi connectivity index (χ3n) is 4.99. The second kappa shape index (κ2) is 5.64. The van der Waals surface area contributed by atoms with Gasteiger partial charge in [0.2, 0.25) is 0 Å². The van der Waals surface area contributed by atoms with E-state index >= 15 is 0 Å². The van der Waals surface area contributed by atoms with Gasteiger partial charge in [-0.15, -0.1) is 0 Å². The lowest BCUT2D eigenvalue weighted by atomic mass is 9.85. The van der Waals surface area contributed by atoms with Gasteiger partial charge in [-0.2, -0.15) is 0 Å². The smallest absolute Gasteiger partial charge is 0.0698 e. The van der Waals surface area contributed by atoms with E-state index in [2.05, 4.69) is 42.2 Å². The third kappa shape index (κ3) is 2.70. The first kappa shape index (κ1) is 13.1. The van der Waals surface area contributed by atoms with Crippen molar-refractivity contribution in [3.05, 3.63) is 35.9 Å². The van der Waals surface area contributed by atoms with E-state index < -0.39 is 0 Å². The molecule has 1 unspecified atom stereocenters. The lowest BCUT2D eigenvalue weighted by Gasteiger charge is -2.48. The quantitative estimate of drug-likeness (QED) is 0.825. The highest BCUT2D eigenvalue weighted by Gasteiger charge is 2.39. The van der Waals surface area contributed by atoms with Crippen LogP contribution in [0.4, 0.5) is 0 Å². The SMILES string of the molecule is CC1CCCC[C@@H](O)[C@H]1N1CC(c2ccccc2)C1. The van der Waals surface area contributed by atoms with Crippen LogP contribution in [0.15, 0.2) is 30.3 Å². The highest BCUT2D eigenvalue weighted by Crippen LogP contribution is 2.35. The van der Waals surface area contributed by atoms with Crippen molar-refractivity contribution in [2.75, 3.05) is 13.1 Å². The van der Waals surface area contributed by atoms with Crippen LogP contribution in [0.3, 0.4) is 0 Å². The molecule has 1 aliphatic carbocycles. The zero-order chi connectivity index (χ0) is 13.2. The molecule has 1 aromatic carbocycles. The van der Waals surface area contributed by atoms with Crippen LogP contribution in [0.1, 0.15) is 44.1 Å². The monoisotopic (exact) mass is 259 g/mol. The van der Waals surface area contributed by atoms with Crippen LogP contribution in [0, 0.1) is 5.92 Å². The number of rotatable bonds is 2. The average Bonchev–Trinajstić information content (AvgIpc) is 2.53. The van der Waals surface area contributed by atoms with Gasteiger partial charge in [-0.3, -0.25) is 4.90 Å². The normalized spacial score (nSPS) is 33.7. The van der Waals surface area contributed by atoms with Crippen molar-refractivity contribution >= 4 is 0 Å². The average molecular weight is 259 g/mol. The van der Waals surface area contributed by atoms with Gasteiger partial charge in [0.1, 0.15) is 0 Å². The molecular formula is C17H25NO. The van der Waals surface area contributed by atoms with E-state index in [-0.39, 0.29) is 6.10 Å². The summed E-state index contributed by atoms with van der Waals surface area (Å²) in [6.45, 7) is 4.56. The number of aliphatic hydroxyl groups is 1. The molecular weight excluding hydrogens is 234 g/mol. The van der Waals surface area contributed by atoms with Gasteiger partial charge in [0.15, 0.2) is 0 Å². The van der Waals surface area contributed by atoms with E-state index in [9.17, 15) is 5.11 Å². The first-order valence-electron chi connectivity index (χ1n) is 7.73. The summed E-state index contributed by atoms with van der Waals surface area (Å²) in [5.41, 5.74) is 1.45. The minimum absolute atomic E-state index is 0.116. The van der Waals surface area contributed by atoms with Crippen molar-refractivity contribution in [3.8, 4) is 0 Å². The van der Waals surface area contributed by atoms with Crippen LogP contribution in [-0.4, -0.2) is 35.2 Å². The minimum atomic E-state index is -0.116. The Morgan fingerprint density at radius 2 is 1.74 bits per heavy atom. The summed E-state index contributed by atoms with van der Waals surface area (Å²) in [4.78, 5) is 2.51. The Bertz CT molecular complexity index is 387. The lowest BCUT2D eigenvalue weighted by Crippen LogP contribution is -2.56. The fourth-order valence-electron chi connectivity index (χ4n) is 3.84. The first-order valence-corrected chi connectivity index (χ1v) is 7.73. The number of benzene rings is 1. The molecule has 0 bridgehead atoms. The van der Waals surface area contributed by atoms with Crippen molar-refractivity contribution in [2.24, 2.45) is 5.92 Å². The van der Waals surface area contributed by atoms with Gasteiger partial charge < -0.3 is 5.11 Å². The van der Waals surface area contributed by atoms with Gasteiger partial charge in [-0.25, -0.2) is 0 Å². The summed E-state index contributed by atoms with van der Waals surface area (Å²) in [7, 11) is 0. The molecule has 3 atom stereocenters. The summed E-state index contributed by atoms with van der Waals surface area (Å²) in [6, 6.07) is 11.2. The Morgan fingerprint density at radius 3 is 2.47 bits per heavy atom. The number of hydrogen-bond donors (Lipinski definition) is 1. The number of nitrogens with zero attached hydrogens (tertiary/aromatic N) is 1. The van der Waals surface area contributed by atoms with Gasteiger partial charge in [-0.1, -0.05) is 50.1 Å². The second-order valence-corrected chi connectivity index (χ2v) is 6.38. The molecule has 2 fully saturated rings. The standard InChI is InChI=1S/C17H25NO/c1-13-7-5-6-10-16(19)17(13)18-11-15(12-18)14-8-3-2-4-9-14/h2-4,8-9,13,15-17,19H,5-7,10-12H2,1H3/t13?,16-,17+/m1/s1. The van der Waals surface area contributed by atoms with Crippen molar-refractivity contribution in [1.82, 2.24) is 4.90 Å². The minimum Gasteiger partial charge on any atom is -0.391 e. The molecule has 0 spiro atoms. The molecule has 0 radical (unpaired) electrons. The van der Waals surface area contributed by atoms with E-state index in [0.29, 0.717) is 17.9 Å². The zero-order valence-electron chi connectivity index (χ0n) is 11.8. The van der Waals surface area contributed by atoms with Crippen LogP contribution in [-0.2, 0) is 0 Å². The topological polar surface area (TPSA) is 23.5 Å². The molecule has 0 aromatic heterocycles. The Hall–Kier alpha value is -0.860. The van der Waals surface area contributed by atoms with Crippen molar-refractivity contribution in [2.45, 2.75) is 50.7 Å². The number of hydrogen-bond acceptors (Lipinski definition) is 2. The van der Waals surface area contributed by atoms with Gasteiger partial charge >= 0.3 is 0 Å². The third-order valence-corrected chi connectivity index (χ3v) is 4.99. The summed E-state index contributed by atoms with van der Waals surface area (Å²) in [6.07, 6.45) is 4.62. The maximum absolute atomic E-state index is 10.4. The predicted octanol–water partition coefficient (Wildman–Crippen LogP) is 3.03. The molecule has 1 aromatic rings. The van der Waals surface area contributed by atoms with Crippen LogP contribution in [0.2, 0.25) is 0 Å². The molecule has 1 saturated heterocycles. The molecule has 3 rings (SSSR count). The molecule has 1 aliphatic heterocycles. The largest absolute Gasteiger partial charge is 0.391 e. The molecule has 1 heterocycles. The first-order chi connectivity index (χ1) is 9.25. The van der Waals surface area contributed by atoms with Crippen molar-refractivity contribution < 1.29 is 5.11 Å². The van der Waals surface area contributed by atoms with Crippen molar-refractivity contribution in [1.29, 1.82) is 0 Å². The highest BCUT2D eigenvalue weighted by atomic mass is 16.3. The molecule has 1 N–H and O–H groups in total. The Balaban J connectivity index is 1.62. The Morgan fingerprint density at radius 1 is 1.05 bits per heavy atom. The van der Waals surface area contributed by atoms with Crippen LogP contribution < -0.4 is 0 Å². The number of aliphatic hydroxyl groups excluding tert-OH is 1. The van der Waals surface area contributed by atoms with E-state index in [1.165, 1.54) is 24.8 Å². The highest BCUT2D eigenvalue weighted by molar-refractivity contribution is 5.23. The predicted molar refractivity (Wildman–Crippen MR) is 78.2 cm³/mol. The summed E-state index contributed by atoms with van der Waals surface area (Å²) < 4.78 is 0. The van der Waals surface area contributed by atoms with Gasteiger partial charge in [-0.05, 0) is 24.3 Å². The van der Waals surface area contributed by atoms with E-state index in [1.54, 1.807) is 0 Å². The maximum Gasteiger partial charge on any atom is 0.0698 e. The molecule has 19 heavy (non-hydrogen) atoms. The van der Waals surface area contributed by atoms with Crippen LogP contribution in [0.5, 0.6) is 0 Å². The van der Waals surface area contributed by atoms with Gasteiger partial charge in [0.25, 0.3) is 0 Å². The van der Waals surface area contributed by atoms with E-state index in [1.807, 2.05) is 0 Å². The second-order valence-electron chi connectivity index (χ2n) is 6.38. The number of likely N-dealkylation sites (tertiary alicyclic amines) is 1. The molecule has 2 nitrogen and oxygen atoms in total. The fraction of sp³-hybridized carbons (Fsp3) is 0.647. The Labute approximate surface area is 116 Å². The van der Waals surface area contributed by atoms with Gasteiger partial charge in [0.05, 0.1) is 6.10 Å². The van der Waals surface area contributed by atoms with Crippen LogP contribution >= 0.6 is 0 Å². The summed E-state index contributed by atoms with van der Waals surface area (Å²) >= 11 is 0. The van der Waals surface area contributed by atoms with Crippen molar-refractivity contribution in [3.63, 3.8) is 0 Å². The molecule has 2 heteroatoms. The van der Waals surface area contributed by atoms with E-state index in [4.69, 9.17) is 0 Å². The fourth-order valence-corrected chi connectivity index (χ4v) is 3.84. The molecule has 2 aliphatic rings. The summed E-state index contributed by atoms with van der Waals surface area (Å²) in [5, 5.41) is 10.4. The lowest BCUT2D eigenvalue weighted by molar-refractivity contribution is -0.0204. The van der Waals surface area contributed by atoms with E-state index in [0.717, 1.165) is 19.5 Å². The maximum atomic E-state index is 10.4. The zero-order valence-corrected chi connectivity index (χ0v) is 11.8. The Kier molecular flexibility index (Phi) is 3.90. The molecule has 104 valence electrons. The molecule has 1 saturated carbocycles. The van der Waals surface area contributed by atoms with Crippen LogP contribution in [0.25, 0.3) is 0 Å². The van der Waals surface area contributed by atoms with Gasteiger partial charge in [0, 0.05) is 25.0 Å².